The van der Waals surface area contributed by atoms with Crippen molar-refractivity contribution in [1.82, 2.24) is 4.98 Å². The van der Waals surface area contributed by atoms with Gasteiger partial charge in [0.2, 0.25) is 0 Å². The number of benzene rings is 2. The van der Waals surface area contributed by atoms with Crippen LogP contribution >= 0.6 is 0 Å². The maximum absolute atomic E-state index is 9.81. The van der Waals surface area contributed by atoms with Crippen LogP contribution in [0.1, 0.15) is 16.7 Å². The van der Waals surface area contributed by atoms with E-state index in [-0.39, 0.29) is 6.61 Å². The van der Waals surface area contributed by atoms with Crippen molar-refractivity contribution >= 4 is 0 Å². The standard InChI is InChI=1S/C20H19NO/c1-14-7-6-8-15(2)18(14)19-17(13-22)11-12-21-20(19)16-9-4-3-5-10-16/h3-12,22H,13H2,1-2H3. The van der Waals surface area contributed by atoms with Gasteiger partial charge in [-0.15, -0.1) is 0 Å². The molecule has 110 valence electrons. The number of pyridine rings is 1. The van der Waals surface area contributed by atoms with Gasteiger partial charge in [-0.2, -0.15) is 0 Å². The number of rotatable bonds is 3. The van der Waals surface area contributed by atoms with Gasteiger partial charge in [0, 0.05) is 17.3 Å². The SMILES string of the molecule is Cc1cccc(C)c1-c1c(CO)ccnc1-c1ccccc1. The summed E-state index contributed by atoms with van der Waals surface area (Å²) in [6.45, 7) is 4.21. The molecule has 0 bridgehead atoms. The highest BCUT2D eigenvalue weighted by molar-refractivity contribution is 5.86. The molecule has 0 aliphatic rings. The second-order valence-corrected chi connectivity index (χ2v) is 5.48. The monoisotopic (exact) mass is 289 g/mol. The van der Waals surface area contributed by atoms with Gasteiger partial charge in [0.1, 0.15) is 0 Å². The van der Waals surface area contributed by atoms with E-state index in [4.69, 9.17) is 0 Å². The van der Waals surface area contributed by atoms with Crippen LogP contribution in [0, 0.1) is 13.8 Å². The van der Waals surface area contributed by atoms with Crippen LogP contribution in [0.5, 0.6) is 0 Å². The molecule has 1 N–H and O–H groups in total. The fourth-order valence-corrected chi connectivity index (χ4v) is 2.94. The Bertz CT molecular complexity index is 774. The van der Waals surface area contributed by atoms with Gasteiger partial charge in [-0.3, -0.25) is 4.98 Å². The molecule has 2 nitrogen and oxygen atoms in total. The van der Waals surface area contributed by atoms with Crippen LogP contribution in [0.25, 0.3) is 22.4 Å². The van der Waals surface area contributed by atoms with E-state index in [0.29, 0.717) is 0 Å². The minimum Gasteiger partial charge on any atom is -0.392 e. The molecule has 0 fully saturated rings. The normalized spacial score (nSPS) is 10.7. The van der Waals surface area contributed by atoms with Crippen LogP contribution in [0.15, 0.2) is 60.8 Å². The number of aliphatic hydroxyl groups is 1. The summed E-state index contributed by atoms with van der Waals surface area (Å²) >= 11 is 0. The summed E-state index contributed by atoms with van der Waals surface area (Å²) < 4.78 is 0. The molecule has 0 radical (unpaired) electrons. The highest BCUT2D eigenvalue weighted by Crippen LogP contribution is 2.37. The average molecular weight is 289 g/mol. The maximum atomic E-state index is 9.81. The Balaban J connectivity index is 2.35. The molecule has 0 saturated carbocycles. The topological polar surface area (TPSA) is 33.1 Å². The second-order valence-electron chi connectivity index (χ2n) is 5.48. The molecule has 1 heterocycles. The van der Waals surface area contributed by atoms with Crippen LogP contribution in [0.3, 0.4) is 0 Å². The molecule has 22 heavy (non-hydrogen) atoms. The summed E-state index contributed by atoms with van der Waals surface area (Å²) in [7, 11) is 0. The Kier molecular flexibility index (Phi) is 4.03. The minimum atomic E-state index is 0.00542. The molecule has 0 spiro atoms. The predicted molar refractivity (Wildman–Crippen MR) is 90.5 cm³/mol. The van der Waals surface area contributed by atoms with E-state index in [2.05, 4.69) is 49.2 Å². The Hall–Kier alpha value is -2.45. The summed E-state index contributed by atoms with van der Waals surface area (Å²) in [5, 5.41) is 9.81. The number of hydrogen-bond donors (Lipinski definition) is 1. The van der Waals surface area contributed by atoms with Crippen molar-refractivity contribution in [3.05, 3.63) is 77.5 Å². The summed E-state index contributed by atoms with van der Waals surface area (Å²) in [4.78, 5) is 4.61. The average Bonchev–Trinajstić information content (AvgIpc) is 2.55. The fourth-order valence-electron chi connectivity index (χ4n) is 2.94. The van der Waals surface area contributed by atoms with E-state index >= 15 is 0 Å². The van der Waals surface area contributed by atoms with Crippen molar-refractivity contribution in [3.63, 3.8) is 0 Å². The minimum absolute atomic E-state index is 0.00542. The predicted octanol–water partition coefficient (Wildman–Crippen LogP) is 4.52. The highest BCUT2D eigenvalue weighted by atomic mass is 16.3. The lowest BCUT2D eigenvalue weighted by Crippen LogP contribution is -1.99. The van der Waals surface area contributed by atoms with E-state index in [1.54, 1.807) is 6.20 Å². The fraction of sp³-hybridized carbons (Fsp3) is 0.150. The van der Waals surface area contributed by atoms with Gasteiger partial charge < -0.3 is 5.11 Å². The van der Waals surface area contributed by atoms with Crippen LogP contribution in [-0.2, 0) is 6.61 Å². The van der Waals surface area contributed by atoms with E-state index in [0.717, 1.165) is 22.4 Å². The van der Waals surface area contributed by atoms with E-state index in [9.17, 15) is 5.11 Å². The van der Waals surface area contributed by atoms with Gasteiger partial charge >= 0.3 is 0 Å². The molecule has 3 rings (SSSR count). The van der Waals surface area contributed by atoms with Crippen LogP contribution in [0.2, 0.25) is 0 Å². The Labute approximate surface area is 131 Å². The molecule has 1 aromatic heterocycles. The molecule has 0 unspecified atom stereocenters. The van der Waals surface area contributed by atoms with E-state index < -0.39 is 0 Å². The van der Waals surface area contributed by atoms with Gasteiger partial charge in [-0.25, -0.2) is 0 Å². The molecule has 0 aliphatic carbocycles. The zero-order chi connectivity index (χ0) is 15.5. The second kappa shape index (κ2) is 6.12. The van der Waals surface area contributed by atoms with Crippen molar-refractivity contribution < 1.29 is 5.11 Å². The summed E-state index contributed by atoms with van der Waals surface area (Å²) in [6, 6.07) is 18.3. The van der Waals surface area contributed by atoms with Crippen LogP contribution < -0.4 is 0 Å². The van der Waals surface area contributed by atoms with Crippen molar-refractivity contribution in [2.24, 2.45) is 0 Å². The summed E-state index contributed by atoms with van der Waals surface area (Å²) in [5.74, 6) is 0. The third-order valence-electron chi connectivity index (χ3n) is 3.99. The first-order chi connectivity index (χ1) is 10.7. The smallest absolute Gasteiger partial charge is 0.0784 e. The summed E-state index contributed by atoms with van der Waals surface area (Å²) in [6.07, 6.45) is 1.77. The molecule has 0 saturated heterocycles. The number of nitrogens with zero attached hydrogens (tertiary/aromatic N) is 1. The molecule has 2 aromatic carbocycles. The zero-order valence-electron chi connectivity index (χ0n) is 12.9. The first-order valence-corrected chi connectivity index (χ1v) is 7.43. The largest absolute Gasteiger partial charge is 0.392 e. The van der Waals surface area contributed by atoms with Crippen molar-refractivity contribution in [3.8, 4) is 22.4 Å². The lowest BCUT2D eigenvalue weighted by Gasteiger charge is -2.17. The Morgan fingerprint density at radius 2 is 1.50 bits per heavy atom. The first kappa shape index (κ1) is 14.5. The van der Waals surface area contributed by atoms with Crippen LogP contribution in [-0.4, -0.2) is 10.1 Å². The molecular formula is C20H19NO. The van der Waals surface area contributed by atoms with Crippen molar-refractivity contribution in [1.29, 1.82) is 0 Å². The molecule has 2 heteroatoms. The van der Waals surface area contributed by atoms with Gasteiger partial charge in [0.25, 0.3) is 0 Å². The molecule has 0 atom stereocenters. The number of aliphatic hydroxyl groups excluding tert-OH is 1. The van der Waals surface area contributed by atoms with Gasteiger partial charge in [0.05, 0.1) is 12.3 Å². The number of aromatic nitrogens is 1. The number of aryl methyl sites for hydroxylation is 2. The number of hydrogen-bond acceptors (Lipinski definition) is 2. The first-order valence-electron chi connectivity index (χ1n) is 7.43. The molecule has 3 aromatic rings. The molecular weight excluding hydrogens is 270 g/mol. The third-order valence-corrected chi connectivity index (χ3v) is 3.99. The quantitative estimate of drug-likeness (QED) is 0.768. The van der Waals surface area contributed by atoms with Gasteiger partial charge in [-0.05, 0) is 42.2 Å². The maximum Gasteiger partial charge on any atom is 0.0784 e. The third kappa shape index (κ3) is 2.53. The van der Waals surface area contributed by atoms with Crippen molar-refractivity contribution in [2.75, 3.05) is 0 Å². The van der Waals surface area contributed by atoms with Crippen LogP contribution in [0.4, 0.5) is 0 Å². The molecule has 0 aliphatic heterocycles. The highest BCUT2D eigenvalue weighted by Gasteiger charge is 2.16. The lowest BCUT2D eigenvalue weighted by atomic mass is 9.89. The van der Waals surface area contributed by atoms with E-state index in [1.165, 1.54) is 16.7 Å². The van der Waals surface area contributed by atoms with Crippen molar-refractivity contribution in [2.45, 2.75) is 20.5 Å². The Morgan fingerprint density at radius 3 is 2.14 bits per heavy atom. The zero-order valence-corrected chi connectivity index (χ0v) is 12.9. The van der Waals surface area contributed by atoms with Gasteiger partial charge in [-0.1, -0.05) is 48.5 Å². The van der Waals surface area contributed by atoms with E-state index in [1.807, 2.05) is 24.3 Å². The molecule has 0 amide bonds. The van der Waals surface area contributed by atoms with Gasteiger partial charge in [0.15, 0.2) is 0 Å². The Morgan fingerprint density at radius 1 is 0.818 bits per heavy atom. The summed E-state index contributed by atoms with van der Waals surface area (Å²) in [5.41, 5.74) is 7.48. The lowest BCUT2D eigenvalue weighted by molar-refractivity contribution is 0.282.